The molecular weight excluding hydrogens is 365 g/mol. The Morgan fingerprint density at radius 1 is 1.28 bits per heavy atom. The first-order valence-electron chi connectivity index (χ1n) is 8.09. The third-order valence-corrected chi connectivity index (χ3v) is 4.59. The van der Waals surface area contributed by atoms with E-state index in [-0.39, 0.29) is 30.9 Å². The smallest absolute Gasteiger partial charge is 0.317 e. The number of nitrogens with one attached hydrogen (secondary N) is 1. The molecule has 0 aliphatic carbocycles. The maximum Gasteiger partial charge on any atom is 0.317 e. The lowest BCUT2D eigenvalue weighted by molar-refractivity contribution is -0.138. The Morgan fingerprint density at radius 3 is 2.44 bits per heavy atom. The maximum atomic E-state index is 12.0. The van der Waals surface area contributed by atoms with E-state index in [9.17, 15) is 9.59 Å². The third kappa shape index (κ3) is 7.61. The Hall–Kier alpha value is -1.34. The molecule has 1 aromatic carbocycles. The SMILES string of the molecule is CN(CC(=O)O)C1CCN(CC(=O)NCc2ccc(Cl)cc2)CC1.Cl. The summed E-state index contributed by atoms with van der Waals surface area (Å²) in [5.74, 6) is -0.802. The van der Waals surface area contributed by atoms with Crippen LogP contribution in [0.15, 0.2) is 24.3 Å². The summed E-state index contributed by atoms with van der Waals surface area (Å²) in [6, 6.07) is 7.68. The van der Waals surface area contributed by atoms with Gasteiger partial charge in [0.05, 0.1) is 13.1 Å². The average Bonchev–Trinajstić information content (AvgIpc) is 2.54. The number of hydrogen-bond donors (Lipinski definition) is 2. The van der Waals surface area contributed by atoms with Gasteiger partial charge in [-0.2, -0.15) is 0 Å². The second-order valence-electron chi connectivity index (χ2n) is 6.22. The van der Waals surface area contributed by atoms with Gasteiger partial charge in [-0.3, -0.25) is 19.4 Å². The molecule has 0 unspecified atom stereocenters. The summed E-state index contributed by atoms with van der Waals surface area (Å²) in [7, 11) is 1.84. The highest BCUT2D eigenvalue weighted by Crippen LogP contribution is 2.15. The van der Waals surface area contributed by atoms with Gasteiger partial charge in [0.25, 0.3) is 0 Å². The molecule has 1 aliphatic heterocycles. The van der Waals surface area contributed by atoms with Gasteiger partial charge in [0.2, 0.25) is 5.91 Å². The van der Waals surface area contributed by atoms with Gasteiger partial charge < -0.3 is 10.4 Å². The number of carbonyl (C=O) groups excluding carboxylic acids is 1. The highest BCUT2D eigenvalue weighted by molar-refractivity contribution is 6.30. The van der Waals surface area contributed by atoms with E-state index in [1.807, 2.05) is 24.1 Å². The lowest BCUT2D eigenvalue weighted by Gasteiger charge is -2.35. The van der Waals surface area contributed by atoms with E-state index in [0.29, 0.717) is 18.1 Å². The minimum absolute atomic E-state index is 0. The van der Waals surface area contributed by atoms with Gasteiger partial charge in [0.15, 0.2) is 0 Å². The van der Waals surface area contributed by atoms with Crippen molar-refractivity contribution in [1.82, 2.24) is 15.1 Å². The molecule has 0 radical (unpaired) electrons. The number of hydrogen-bond acceptors (Lipinski definition) is 4. The van der Waals surface area contributed by atoms with E-state index in [0.717, 1.165) is 31.5 Å². The third-order valence-electron chi connectivity index (χ3n) is 4.34. The van der Waals surface area contributed by atoms with Gasteiger partial charge in [-0.15, -0.1) is 12.4 Å². The van der Waals surface area contributed by atoms with Crippen LogP contribution in [0.4, 0.5) is 0 Å². The summed E-state index contributed by atoms with van der Waals surface area (Å²) in [6.45, 7) is 2.55. The molecule has 140 valence electrons. The Morgan fingerprint density at radius 2 is 1.88 bits per heavy atom. The Labute approximate surface area is 159 Å². The van der Waals surface area contributed by atoms with Crippen LogP contribution in [0.2, 0.25) is 5.02 Å². The second kappa shape index (κ2) is 10.6. The van der Waals surface area contributed by atoms with E-state index >= 15 is 0 Å². The summed E-state index contributed by atoms with van der Waals surface area (Å²) in [4.78, 5) is 26.8. The van der Waals surface area contributed by atoms with Crippen LogP contribution in [0.1, 0.15) is 18.4 Å². The molecule has 1 heterocycles. The minimum atomic E-state index is -0.804. The van der Waals surface area contributed by atoms with E-state index in [1.54, 1.807) is 12.1 Å². The molecule has 25 heavy (non-hydrogen) atoms. The number of carboxylic acids is 1. The average molecular weight is 390 g/mol. The molecule has 1 fully saturated rings. The Bertz CT molecular complexity index is 561. The molecule has 1 aromatic rings. The molecule has 6 nitrogen and oxygen atoms in total. The first kappa shape index (κ1) is 21.7. The number of amides is 1. The highest BCUT2D eigenvalue weighted by Gasteiger charge is 2.24. The fourth-order valence-corrected chi connectivity index (χ4v) is 3.05. The van der Waals surface area contributed by atoms with Crippen LogP contribution in [0.3, 0.4) is 0 Å². The van der Waals surface area contributed by atoms with Crippen molar-refractivity contribution in [3.05, 3.63) is 34.9 Å². The summed E-state index contributed by atoms with van der Waals surface area (Å²) in [5.41, 5.74) is 1.02. The van der Waals surface area contributed by atoms with Gasteiger partial charge in [-0.25, -0.2) is 0 Å². The molecule has 0 atom stereocenters. The van der Waals surface area contributed by atoms with Gasteiger partial charge >= 0.3 is 5.97 Å². The number of likely N-dealkylation sites (tertiary alicyclic amines) is 1. The number of benzene rings is 1. The number of aliphatic carboxylic acids is 1. The first-order chi connectivity index (χ1) is 11.4. The zero-order valence-electron chi connectivity index (χ0n) is 14.3. The van der Waals surface area contributed by atoms with Crippen LogP contribution >= 0.6 is 24.0 Å². The zero-order chi connectivity index (χ0) is 17.5. The predicted octanol–water partition coefficient (Wildman–Crippen LogP) is 1.86. The first-order valence-corrected chi connectivity index (χ1v) is 8.47. The van der Waals surface area contributed by atoms with Crippen molar-refractivity contribution in [2.45, 2.75) is 25.4 Å². The number of piperidine rings is 1. The van der Waals surface area contributed by atoms with E-state index < -0.39 is 5.97 Å². The number of likely N-dealkylation sites (N-methyl/N-ethyl adjacent to an activating group) is 1. The molecule has 0 saturated carbocycles. The van der Waals surface area contributed by atoms with Crippen LogP contribution in [0.5, 0.6) is 0 Å². The fourth-order valence-electron chi connectivity index (χ4n) is 2.92. The van der Waals surface area contributed by atoms with Crippen LogP contribution in [-0.2, 0) is 16.1 Å². The fraction of sp³-hybridized carbons (Fsp3) is 0.529. The molecule has 0 aromatic heterocycles. The van der Waals surface area contributed by atoms with Crippen molar-refractivity contribution >= 4 is 35.9 Å². The number of carboxylic acid groups (broad SMARTS) is 1. The molecule has 2 N–H and O–H groups in total. The standard InChI is InChI=1S/C17H24ClN3O3.ClH/c1-20(12-17(23)24)15-6-8-21(9-7-15)11-16(22)19-10-13-2-4-14(18)5-3-13;/h2-5,15H,6-12H2,1H3,(H,19,22)(H,23,24);1H. The van der Waals surface area contributed by atoms with Gasteiger partial charge in [0, 0.05) is 30.7 Å². The molecular formula is C17H25Cl2N3O3. The van der Waals surface area contributed by atoms with Crippen molar-refractivity contribution < 1.29 is 14.7 Å². The molecule has 1 amide bonds. The van der Waals surface area contributed by atoms with Crippen molar-refractivity contribution in [3.63, 3.8) is 0 Å². The number of halogens is 2. The largest absolute Gasteiger partial charge is 0.480 e. The number of carbonyl (C=O) groups is 2. The zero-order valence-corrected chi connectivity index (χ0v) is 15.9. The molecule has 0 bridgehead atoms. The summed E-state index contributed by atoms with van der Waals surface area (Å²) < 4.78 is 0. The second-order valence-corrected chi connectivity index (χ2v) is 6.66. The summed E-state index contributed by atoms with van der Waals surface area (Å²) in [6.07, 6.45) is 1.77. The Balaban J connectivity index is 0.00000312. The normalized spacial score (nSPS) is 15.6. The predicted molar refractivity (Wildman–Crippen MR) is 100 cm³/mol. The van der Waals surface area contributed by atoms with Crippen LogP contribution in [0, 0.1) is 0 Å². The van der Waals surface area contributed by atoms with Gasteiger partial charge in [-0.05, 0) is 37.6 Å². The van der Waals surface area contributed by atoms with Crippen LogP contribution in [0.25, 0.3) is 0 Å². The lowest BCUT2D eigenvalue weighted by atomic mass is 10.0. The minimum Gasteiger partial charge on any atom is -0.480 e. The van der Waals surface area contributed by atoms with E-state index in [4.69, 9.17) is 16.7 Å². The maximum absolute atomic E-state index is 12.0. The molecule has 2 rings (SSSR count). The van der Waals surface area contributed by atoms with Crippen molar-refractivity contribution in [1.29, 1.82) is 0 Å². The monoisotopic (exact) mass is 389 g/mol. The van der Waals surface area contributed by atoms with Crippen molar-refractivity contribution in [2.24, 2.45) is 0 Å². The van der Waals surface area contributed by atoms with E-state index in [1.165, 1.54) is 0 Å². The highest BCUT2D eigenvalue weighted by atomic mass is 35.5. The van der Waals surface area contributed by atoms with Crippen molar-refractivity contribution in [3.8, 4) is 0 Å². The van der Waals surface area contributed by atoms with Crippen LogP contribution in [-0.4, -0.2) is 66.1 Å². The van der Waals surface area contributed by atoms with Crippen molar-refractivity contribution in [2.75, 3.05) is 33.2 Å². The lowest BCUT2D eigenvalue weighted by Crippen LogP contribution is -2.47. The quantitative estimate of drug-likeness (QED) is 0.744. The molecule has 8 heteroatoms. The Kier molecular flexibility index (Phi) is 9.21. The number of nitrogens with zero attached hydrogens (tertiary/aromatic N) is 2. The molecule has 1 aliphatic rings. The number of rotatable bonds is 7. The summed E-state index contributed by atoms with van der Waals surface area (Å²) in [5, 5.41) is 12.4. The summed E-state index contributed by atoms with van der Waals surface area (Å²) >= 11 is 5.83. The molecule has 0 spiro atoms. The topological polar surface area (TPSA) is 72.9 Å². The van der Waals surface area contributed by atoms with Gasteiger partial charge in [-0.1, -0.05) is 23.7 Å². The molecule has 1 saturated heterocycles. The van der Waals surface area contributed by atoms with Gasteiger partial charge in [0.1, 0.15) is 0 Å². The van der Waals surface area contributed by atoms with Crippen LogP contribution < -0.4 is 5.32 Å². The van der Waals surface area contributed by atoms with E-state index in [2.05, 4.69) is 10.2 Å².